The second-order valence-corrected chi connectivity index (χ2v) is 6.28. The van der Waals surface area contributed by atoms with E-state index in [-0.39, 0.29) is 17.1 Å². The molecule has 28 heavy (non-hydrogen) atoms. The average molecular weight is 377 g/mol. The largest absolute Gasteiger partial charge is 0.490 e. The van der Waals surface area contributed by atoms with Crippen LogP contribution in [0, 0.1) is 25.1 Å². The Morgan fingerprint density at radius 3 is 2.93 bits per heavy atom. The molecule has 6 heteroatoms. The molecule has 3 rings (SSSR count). The van der Waals surface area contributed by atoms with Crippen molar-refractivity contribution in [2.24, 2.45) is 0 Å². The van der Waals surface area contributed by atoms with Gasteiger partial charge in [-0.3, -0.25) is 9.78 Å². The number of nitrogens with zero attached hydrogens (tertiary/aromatic N) is 2. The molecule has 2 heterocycles. The summed E-state index contributed by atoms with van der Waals surface area (Å²) in [5.74, 6) is 1.53. The summed E-state index contributed by atoms with van der Waals surface area (Å²) in [6, 6.07) is 9.93. The van der Waals surface area contributed by atoms with Crippen LogP contribution in [0.15, 0.2) is 42.6 Å². The highest BCUT2D eigenvalue weighted by atomic mass is 19.1. The Morgan fingerprint density at radius 1 is 1.25 bits per heavy atom. The van der Waals surface area contributed by atoms with Crippen LogP contribution in [-0.2, 0) is 0 Å². The molecule has 2 aromatic heterocycles. The van der Waals surface area contributed by atoms with Gasteiger partial charge in [0.15, 0.2) is 11.6 Å². The molecule has 1 amide bonds. The molecule has 0 aliphatic carbocycles. The zero-order valence-electron chi connectivity index (χ0n) is 15.5. The molecule has 0 fully saturated rings. The molecule has 5 nitrogen and oxygen atoms in total. The van der Waals surface area contributed by atoms with Crippen molar-refractivity contribution in [2.45, 2.75) is 26.2 Å². The van der Waals surface area contributed by atoms with Crippen LogP contribution in [0.4, 0.5) is 10.1 Å². The maximum absolute atomic E-state index is 14.7. The summed E-state index contributed by atoms with van der Waals surface area (Å²) in [7, 11) is 0. The van der Waals surface area contributed by atoms with E-state index in [2.05, 4.69) is 21.2 Å². The third-order valence-corrected chi connectivity index (χ3v) is 4.17. The smallest absolute Gasteiger partial charge is 0.274 e. The fourth-order valence-corrected chi connectivity index (χ4v) is 2.74. The summed E-state index contributed by atoms with van der Waals surface area (Å²) >= 11 is 0. The van der Waals surface area contributed by atoms with Gasteiger partial charge in [0.2, 0.25) is 0 Å². The zero-order valence-corrected chi connectivity index (χ0v) is 15.5. The maximum Gasteiger partial charge on any atom is 0.274 e. The second-order valence-electron chi connectivity index (χ2n) is 6.28. The van der Waals surface area contributed by atoms with Gasteiger partial charge >= 0.3 is 0 Å². The molecule has 142 valence electrons. The number of benzene rings is 1. The van der Waals surface area contributed by atoms with Gasteiger partial charge in [-0.25, -0.2) is 9.37 Å². The number of carbonyl (C=O) groups is 1. The Hall–Kier alpha value is -3.46. The molecule has 3 aromatic rings. The summed E-state index contributed by atoms with van der Waals surface area (Å²) in [6.07, 6.45) is 9.07. The molecule has 0 unspecified atom stereocenters. The fourth-order valence-electron chi connectivity index (χ4n) is 2.74. The Balaban J connectivity index is 1.75. The first-order valence-electron chi connectivity index (χ1n) is 8.98. The van der Waals surface area contributed by atoms with Crippen LogP contribution in [0.3, 0.4) is 0 Å². The lowest BCUT2D eigenvalue weighted by Crippen LogP contribution is -2.16. The van der Waals surface area contributed by atoms with Crippen molar-refractivity contribution in [3.05, 3.63) is 59.7 Å². The fraction of sp³-hybridized carbons (Fsp3) is 0.227. The third-order valence-electron chi connectivity index (χ3n) is 4.17. The number of nitrogens with one attached hydrogen (secondary N) is 1. The molecule has 0 saturated heterocycles. The van der Waals surface area contributed by atoms with Gasteiger partial charge in [-0.05, 0) is 55.7 Å². The molecule has 0 aliphatic rings. The first-order valence-corrected chi connectivity index (χ1v) is 8.98. The van der Waals surface area contributed by atoms with Crippen molar-refractivity contribution in [3.8, 4) is 18.1 Å². The molecule has 0 radical (unpaired) electrons. The van der Waals surface area contributed by atoms with E-state index in [1.807, 2.05) is 0 Å². The van der Waals surface area contributed by atoms with Gasteiger partial charge in [-0.1, -0.05) is 6.07 Å². The first-order chi connectivity index (χ1) is 13.6. The molecule has 0 bridgehead atoms. The van der Waals surface area contributed by atoms with Crippen molar-refractivity contribution in [2.75, 3.05) is 11.9 Å². The van der Waals surface area contributed by atoms with Gasteiger partial charge in [0, 0.05) is 12.6 Å². The predicted molar refractivity (Wildman–Crippen MR) is 107 cm³/mol. The number of terminal acetylenes is 1. The number of fused-ring (bicyclic) bond motifs is 1. The van der Waals surface area contributed by atoms with Crippen LogP contribution >= 0.6 is 0 Å². The van der Waals surface area contributed by atoms with E-state index in [0.29, 0.717) is 29.6 Å². The normalized spacial score (nSPS) is 10.5. The maximum atomic E-state index is 14.7. The SMILES string of the molecule is C#CCCCCOc1cccc(NC(=O)c2nc3cccnc3cc2C)c1F. The summed E-state index contributed by atoms with van der Waals surface area (Å²) in [5.41, 5.74) is 2.22. The van der Waals surface area contributed by atoms with E-state index in [9.17, 15) is 9.18 Å². The topological polar surface area (TPSA) is 64.1 Å². The number of amides is 1. The monoisotopic (exact) mass is 377 g/mol. The van der Waals surface area contributed by atoms with E-state index >= 15 is 0 Å². The average Bonchev–Trinajstić information content (AvgIpc) is 2.69. The van der Waals surface area contributed by atoms with Crippen LogP contribution in [0.25, 0.3) is 11.0 Å². The molecule has 1 aromatic carbocycles. The Kier molecular flexibility index (Phi) is 6.18. The van der Waals surface area contributed by atoms with Crippen molar-refractivity contribution in [1.29, 1.82) is 0 Å². The summed E-state index contributed by atoms with van der Waals surface area (Å²) in [5, 5.41) is 2.58. The van der Waals surface area contributed by atoms with Gasteiger partial charge in [0.05, 0.1) is 23.3 Å². The van der Waals surface area contributed by atoms with Gasteiger partial charge < -0.3 is 10.1 Å². The number of aromatic nitrogens is 2. The quantitative estimate of drug-likeness (QED) is 0.486. The van der Waals surface area contributed by atoms with Crippen molar-refractivity contribution >= 4 is 22.6 Å². The number of hydrogen-bond donors (Lipinski definition) is 1. The number of ether oxygens (including phenoxy) is 1. The molecular weight excluding hydrogens is 357 g/mol. The number of halogens is 1. The standard InChI is InChI=1S/C22H20FN3O2/c1-3-4-5-6-13-28-19-11-7-9-17(20(19)23)26-22(27)21-15(2)14-18-16(25-21)10-8-12-24-18/h1,7-12,14H,4-6,13H2,2H3,(H,26,27). The molecule has 1 N–H and O–H groups in total. The number of hydrogen-bond acceptors (Lipinski definition) is 4. The van der Waals surface area contributed by atoms with Crippen LogP contribution in [0.5, 0.6) is 5.75 Å². The summed E-state index contributed by atoms with van der Waals surface area (Å²) < 4.78 is 20.1. The summed E-state index contributed by atoms with van der Waals surface area (Å²) in [4.78, 5) is 21.2. The van der Waals surface area contributed by atoms with Crippen molar-refractivity contribution in [1.82, 2.24) is 9.97 Å². The highest BCUT2D eigenvalue weighted by Gasteiger charge is 2.16. The molecular formula is C22H20FN3O2. The van der Waals surface area contributed by atoms with Crippen LogP contribution in [-0.4, -0.2) is 22.5 Å². The number of aryl methyl sites for hydroxylation is 1. The van der Waals surface area contributed by atoms with Crippen LogP contribution in [0.2, 0.25) is 0 Å². The third kappa shape index (κ3) is 4.44. The molecule has 0 atom stereocenters. The number of pyridine rings is 2. The van der Waals surface area contributed by atoms with Crippen LogP contribution < -0.4 is 10.1 Å². The summed E-state index contributed by atoms with van der Waals surface area (Å²) in [6.45, 7) is 2.12. The Morgan fingerprint density at radius 2 is 2.11 bits per heavy atom. The second kappa shape index (κ2) is 8.96. The number of rotatable bonds is 7. The lowest BCUT2D eigenvalue weighted by atomic mass is 10.1. The molecule has 0 saturated carbocycles. The van der Waals surface area contributed by atoms with E-state index in [1.54, 1.807) is 37.4 Å². The zero-order chi connectivity index (χ0) is 19.9. The van der Waals surface area contributed by atoms with Gasteiger partial charge in [0.25, 0.3) is 5.91 Å². The Bertz CT molecular complexity index is 1040. The van der Waals surface area contributed by atoms with Gasteiger partial charge in [0.1, 0.15) is 5.69 Å². The molecule has 0 spiro atoms. The minimum Gasteiger partial charge on any atom is -0.490 e. The highest BCUT2D eigenvalue weighted by Crippen LogP contribution is 2.25. The first kappa shape index (κ1) is 19.3. The van der Waals surface area contributed by atoms with Gasteiger partial charge in [-0.15, -0.1) is 12.3 Å². The lowest BCUT2D eigenvalue weighted by Gasteiger charge is -2.12. The highest BCUT2D eigenvalue weighted by molar-refractivity contribution is 6.05. The number of unbranched alkanes of at least 4 members (excludes halogenated alkanes) is 2. The van der Waals surface area contributed by atoms with E-state index in [1.165, 1.54) is 12.1 Å². The van der Waals surface area contributed by atoms with E-state index in [0.717, 1.165) is 12.8 Å². The van der Waals surface area contributed by atoms with Crippen molar-refractivity contribution < 1.29 is 13.9 Å². The van der Waals surface area contributed by atoms with Crippen LogP contribution in [0.1, 0.15) is 35.3 Å². The lowest BCUT2D eigenvalue weighted by molar-refractivity contribution is 0.102. The minimum atomic E-state index is -0.618. The van der Waals surface area contributed by atoms with Gasteiger partial charge in [-0.2, -0.15) is 0 Å². The van der Waals surface area contributed by atoms with E-state index < -0.39 is 11.7 Å². The van der Waals surface area contributed by atoms with Crippen molar-refractivity contribution in [3.63, 3.8) is 0 Å². The van der Waals surface area contributed by atoms with E-state index in [4.69, 9.17) is 11.2 Å². The number of carbonyl (C=O) groups excluding carboxylic acids is 1. The number of anilines is 1. The minimum absolute atomic E-state index is 0.0404. The molecule has 0 aliphatic heterocycles. The predicted octanol–water partition coefficient (Wildman–Crippen LogP) is 4.51. The Labute approximate surface area is 163 Å².